The highest BCUT2D eigenvalue weighted by atomic mass is 16.5. The van der Waals surface area contributed by atoms with E-state index in [1.54, 1.807) is 0 Å². The van der Waals surface area contributed by atoms with Gasteiger partial charge in [-0.3, -0.25) is 4.79 Å². The number of rotatable bonds is 5. The summed E-state index contributed by atoms with van der Waals surface area (Å²) in [7, 11) is 0. The Hall–Kier alpha value is -3.29. The lowest BCUT2D eigenvalue weighted by atomic mass is 10.1. The Kier molecular flexibility index (Phi) is 5.16. The SMILES string of the molecule is CCc1cccc(C)c1NC(=O)COC(=O)c1nc2nc(C)cc(C)n2n1. The molecule has 0 aliphatic rings. The summed E-state index contributed by atoms with van der Waals surface area (Å²) in [5.74, 6) is -1.000. The summed E-state index contributed by atoms with van der Waals surface area (Å²) in [6, 6.07) is 7.64. The van der Waals surface area contributed by atoms with E-state index in [0.29, 0.717) is 5.78 Å². The van der Waals surface area contributed by atoms with Gasteiger partial charge in [-0.05, 0) is 44.4 Å². The van der Waals surface area contributed by atoms with Crippen LogP contribution >= 0.6 is 0 Å². The highest BCUT2D eigenvalue weighted by Gasteiger charge is 2.18. The first-order valence-electron chi connectivity index (χ1n) is 8.65. The molecule has 140 valence electrons. The molecule has 0 aliphatic carbocycles. The van der Waals surface area contributed by atoms with E-state index in [2.05, 4.69) is 20.4 Å². The van der Waals surface area contributed by atoms with Crippen molar-refractivity contribution in [3.63, 3.8) is 0 Å². The fourth-order valence-corrected chi connectivity index (χ4v) is 2.83. The van der Waals surface area contributed by atoms with Gasteiger partial charge in [0.05, 0.1) is 0 Å². The molecule has 3 rings (SSSR count). The van der Waals surface area contributed by atoms with Crippen LogP contribution in [0.1, 0.15) is 40.1 Å². The maximum atomic E-state index is 12.2. The minimum absolute atomic E-state index is 0.130. The fraction of sp³-hybridized carbons (Fsp3) is 0.316. The molecule has 2 aromatic heterocycles. The molecule has 1 amide bonds. The smallest absolute Gasteiger partial charge is 0.378 e. The molecule has 0 atom stereocenters. The lowest BCUT2D eigenvalue weighted by Crippen LogP contribution is -2.22. The van der Waals surface area contributed by atoms with E-state index >= 15 is 0 Å². The molecule has 1 aromatic carbocycles. The van der Waals surface area contributed by atoms with Crippen molar-refractivity contribution < 1.29 is 14.3 Å². The number of aromatic nitrogens is 4. The number of nitrogens with one attached hydrogen (secondary N) is 1. The minimum atomic E-state index is -0.770. The summed E-state index contributed by atoms with van der Waals surface area (Å²) in [4.78, 5) is 32.7. The second kappa shape index (κ2) is 7.53. The summed E-state index contributed by atoms with van der Waals surface area (Å²) >= 11 is 0. The monoisotopic (exact) mass is 367 g/mol. The maximum Gasteiger partial charge on any atom is 0.378 e. The number of nitrogens with zero attached hydrogens (tertiary/aromatic N) is 4. The Labute approximate surface area is 156 Å². The summed E-state index contributed by atoms with van der Waals surface area (Å²) < 4.78 is 6.52. The van der Waals surface area contributed by atoms with Crippen molar-refractivity contribution in [1.82, 2.24) is 19.6 Å². The van der Waals surface area contributed by atoms with Crippen molar-refractivity contribution >= 4 is 23.3 Å². The third-order valence-electron chi connectivity index (χ3n) is 4.14. The van der Waals surface area contributed by atoms with Crippen LogP contribution in [0.4, 0.5) is 5.69 Å². The van der Waals surface area contributed by atoms with Gasteiger partial charge in [-0.15, -0.1) is 5.10 Å². The van der Waals surface area contributed by atoms with Crippen molar-refractivity contribution in [2.24, 2.45) is 0 Å². The van der Waals surface area contributed by atoms with Crippen molar-refractivity contribution in [1.29, 1.82) is 0 Å². The molecule has 0 unspecified atom stereocenters. The predicted molar refractivity (Wildman–Crippen MR) is 99.7 cm³/mol. The Morgan fingerprint density at radius 3 is 2.70 bits per heavy atom. The lowest BCUT2D eigenvalue weighted by Gasteiger charge is -2.12. The van der Waals surface area contributed by atoms with E-state index in [9.17, 15) is 9.59 Å². The van der Waals surface area contributed by atoms with Crippen LogP contribution in [0.25, 0.3) is 5.78 Å². The minimum Gasteiger partial charge on any atom is -0.450 e. The second-order valence-corrected chi connectivity index (χ2v) is 6.27. The Balaban J connectivity index is 1.67. The third-order valence-corrected chi connectivity index (χ3v) is 4.14. The Morgan fingerprint density at radius 1 is 1.19 bits per heavy atom. The standard InChI is InChI=1S/C19H21N5O3/c1-5-14-8-6-7-11(2)16(14)21-15(25)10-27-18(26)17-22-19-20-12(3)9-13(4)24(19)23-17/h6-9H,5,10H2,1-4H3,(H,21,25). The molecule has 0 spiro atoms. The first kappa shape index (κ1) is 18.5. The number of amides is 1. The van der Waals surface area contributed by atoms with Crippen molar-refractivity contribution in [3.05, 3.63) is 52.6 Å². The highest BCUT2D eigenvalue weighted by Crippen LogP contribution is 2.20. The van der Waals surface area contributed by atoms with Gasteiger partial charge in [0.1, 0.15) is 0 Å². The van der Waals surface area contributed by atoms with Crippen molar-refractivity contribution in [3.8, 4) is 0 Å². The average Bonchev–Trinajstić information content (AvgIpc) is 3.06. The normalized spacial score (nSPS) is 10.8. The predicted octanol–water partition coefficient (Wildman–Crippen LogP) is 2.41. The third kappa shape index (κ3) is 3.94. The first-order chi connectivity index (χ1) is 12.9. The summed E-state index contributed by atoms with van der Waals surface area (Å²) in [5, 5.41) is 6.90. The quantitative estimate of drug-likeness (QED) is 0.695. The van der Waals surface area contributed by atoms with Crippen LogP contribution in [0, 0.1) is 20.8 Å². The fourth-order valence-electron chi connectivity index (χ4n) is 2.83. The number of esters is 1. The Morgan fingerprint density at radius 2 is 1.96 bits per heavy atom. The van der Waals surface area contributed by atoms with Gasteiger partial charge in [-0.1, -0.05) is 25.1 Å². The molecule has 2 heterocycles. The number of carbonyl (C=O) groups excluding carboxylic acids is 2. The van der Waals surface area contributed by atoms with Crippen LogP contribution in [0.2, 0.25) is 0 Å². The molecule has 27 heavy (non-hydrogen) atoms. The van der Waals surface area contributed by atoms with E-state index in [1.165, 1.54) is 4.52 Å². The Bertz CT molecular complexity index is 1030. The van der Waals surface area contributed by atoms with Crippen LogP contribution in [0.5, 0.6) is 0 Å². The average molecular weight is 367 g/mol. The summed E-state index contributed by atoms with van der Waals surface area (Å²) in [6.07, 6.45) is 0.786. The van der Waals surface area contributed by atoms with Gasteiger partial charge in [-0.2, -0.15) is 4.98 Å². The molecule has 0 bridgehead atoms. The molecule has 8 nitrogen and oxygen atoms in total. The van der Waals surface area contributed by atoms with Crippen LogP contribution in [0.15, 0.2) is 24.3 Å². The number of hydrogen-bond donors (Lipinski definition) is 1. The number of ether oxygens (including phenoxy) is 1. The first-order valence-corrected chi connectivity index (χ1v) is 8.65. The molecule has 0 aliphatic heterocycles. The zero-order valence-electron chi connectivity index (χ0n) is 15.7. The number of hydrogen-bond acceptors (Lipinski definition) is 6. The van der Waals surface area contributed by atoms with Crippen molar-refractivity contribution in [2.75, 3.05) is 11.9 Å². The van der Waals surface area contributed by atoms with Gasteiger partial charge in [0.2, 0.25) is 0 Å². The van der Waals surface area contributed by atoms with Gasteiger partial charge in [0, 0.05) is 17.1 Å². The van der Waals surface area contributed by atoms with Gasteiger partial charge in [0.25, 0.3) is 17.5 Å². The van der Waals surface area contributed by atoms with Crippen LogP contribution in [0.3, 0.4) is 0 Å². The summed E-state index contributed by atoms with van der Waals surface area (Å²) in [5.41, 5.74) is 4.30. The molecule has 0 fully saturated rings. The zero-order valence-corrected chi connectivity index (χ0v) is 15.7. The number of benzene rings is 1. The van der Waals surface area contributed by atoms with Gasteiger partial charge in [-0.25, -0.2) is 14.3 Å². The topological polar surface area (TPSA) is 98.5 Å². The zero-order chi connectivity index (χ0) is 19.6. The van der Waals surface area contributed by atoms with Crippen LogP contribution in [-0.2, 0) is 16.0 Å². The highest BCUT2D eigenvalue weighted by molar-refractivity contribution is 5.95. The van der Waals surface area contributed by atoms with E-state index in [0.717, 1.165) is 34.6 Å². The lowest BCUT2D eigenvalue weighted by molar-refractivity contribution is -0.119. The molecule has 1 N–H and O–H groups in total. The second-order valence-electron chi connectivity index (χ2n) is 6.27. The maximum absolute atomic E-state index is 12.2. The van der Waals surface area contributed by atoms with E-state index in [4.69, 9.17) is 4.74 Å². The largest absolute Gasteiger partial charge is 0.450 e. The number of aryl methyl sites for hydroxylation is 4. The van der Waals surface area contributed by atoms with E-state index in [-0.39, 0.29) is 5.82 Å². The number of anilines is 1. The molecular weight excluding hydrogens is 346 g/mol. The number of fused-ring (bicyclic) bond motifs is 1. The van der Waals surface area contributed by atoms with E-state index < -0.39 is 18.5 Å². The molecule has 3 aromatic rings. The number of para-hydroxylation sites is 1. The molecular formula is C19H21N5O3. The van der Waals surface area contributed by atoms with Gasteiger partial charge >= 0.3 is 5.97 Å². The summed E-state index contributed by atoms with van der Waals surface area (Å²) in [6.45, 7) is 7.18. The molecule has 0 radical (unpaired) electrons. The number of carbonyl (C=O) groups is 2. The molecule has 0 saturated carbocycles. The molecule has 0 saturated heterocycles. The van der Waals surface area contributed by atoms with Gasteiger partial charge < -0.3 is 10.1 Å². The van der Waals surface area contributed by atoms with Crippen molar-refractivity contribution in [2.45, 2.75) is 34.1 Å². The van der Waals surface area contributed by atoms with E-state index in [1.807, 2.05) is 52.0 Å². The van der Waals surface area contributed by atoms with Crippen LogP contribution < -0.4 is 5.32 Å². The molecule has 8 heteroatoms. The van der Waals surface area contributed by atoms with Gasteiger partial charge in [0.15, 0.2) is 6.61 Å². The van der Waals surface area contributed by atoms with Crippen LogP contribution in [-0.4, -0.2) is 38.1 Å².